The first-order chi connectivity index (χ1) is 12.9. The number of carboxylic acids is 1. The molecular weight excluding hydrogens is 350 g/mol. The van der Waals surface area contributed by atoms with Crippen molar-refractivity contribution in [3.63, 3.8) is 0 Å². The summed E-state index contributed by atoms with van der Waals surface area (Å²) < 4.78 is 10.8. The Morgan fingerprint density at radius 3 is 2.67 bits per heavy atom. The average Bonchev–Trinajstić information content (AvgIpc) is 2.64. The van der Waals surface area contributed by atoms with Crippen LogP contribution in [-0.4, -0.2) is 24.5 Å². The molecule has 1 heterocycles. The molecule has 0 fully saturated rings. The molecule has 0 spiro atoms. The summed E-state index contributed by atoms with van der Waals surface area (Å²) in [6.45, 7) is 5.27. The van der Waals surface area contributed by atoms with Crippen LogP contribution in [0.3, 0.4) is 0 Å². The van der Waals surface area contributed by atoms with Crippen LogP contribution < -0.4 is 20.8 Å². The van der Waals surface area contributed by atoms with Gasteiger partial charge < -0.3 is 24.4 Å². The van der Waals surface area contributed by atoms with Crippen molar-refractivity contribution in [2.45, 2.75) is 52.5 Å². The van der Waals surface area contributed by atoms with Gasteiger partial charge in [0.15, 0.2) is 6.61 Å². The Morgan fingerprint density at radius 1 is 1.30 bits per heavy atom. The molecule has 2 aromatic rings. The minimum absolute atomic E-state index is 0.310. The van der Waals surface area contributed by atoms with Gasteiger partial charge in [0.2, 0.25) is 0 Å². The van der Waals surface area contributed by atoms with Gasteiger partial charge in [-0.1, -0.05) is 26.7 Å². The second-order valence-electron chi connectivity index (χ2n) is 6.38. The van der Waals surface area contributed by atoms with Crippen LogP contribution in [0.25, 0.3) is 11.0 Å². The Morgan fingerprint density at radius 2 is 2.04 bits per heavy atom. The van der Waals surface area contributed by atoms with Gasteiger partial charge in [-0.05, 0) is 37.5 Å². The summed E-state index contributed by atoms with van der Waals surface area (Å²) in [5.41, 5.74) is 1.47. The first-order valence-corrected chi connectivity index (χ1v) is 9.06. The lowest BCUT2D eigenvalue weighted by Gasteiger charge is -2.19. The van der Waals surface area contributed by atoms with Crippen LogP contribution in [0.2, 0.25) is 0 Å². The summed E-state index contributed by atoms with van der Waals surface area (Å²) in [6, 6.07) is 3.91. The Bertz CT molecular complexity index is 886. The van der Waals surface area contributed by atoms with E-state index in [2.05, 4.69) is 5.32 Å². The van der Waals surface area contributed by atoms with Crippen molar-refractivity contribution in [2.75, 3.05) is 6.61 Å². The maximum absolute atomic E-state index is 12.0. The van der Waals surface area contributed by atoms with E-state index >= 15 is 0 Å². The fourth-order valence-corrected chi connectivity index (χ4v) is 2.89. The number of hydrogen-bond acceptors (Lipinski definition) is 6. The molecule has 1 atom stereocenters. The number of nitrogens with one attached hydrogen (secondary N) is 1. The molecule has 1 amide bonds. The number of rotatable bonds is 9. The zero-order valence-corrected chi connectivity index (χ0v) is 15.8. The molecule has 0 saturated heterocycles. The highest BCUT2D eigenvalue weighted by Gasteiger charge is 2.15. The Labute approximate surface area is 157 Å². The number of benzene rings is 1. The van der Waals surface area contributed by atoms with Gasteiger partial charge in [-0.15, -0.1) is 0 Å². The third-order valence-corrected chi connectivity index (χ3v) is 4.40. The largest absolute Gasteiger partial charge is 0.548 e. The highest BCUT2D eigenvalue weighted by Crippen LogP contribution is 2.28. The highest BCUT2D eigenvalue weighted by atomic mass is 16.5. The molecule has 7 nitrogen and oxygen atoms in total. The Kier molecular flexibility index (Phi) is 6.98. The smallest absolute Gasteiger partial charge is 0.336 e. The van der Waals surface area contributed by atoms with E-state index in [9.17, 15) is 19.5 Å². The van der Waals surface area contributed by atoms with Crippen molar-refractivity contribution < 1.29 is 23.8 Å². The molecule has 1 aromatic heterocycles. The van der Waals surface area contributed by atoms with E-state index in [0.717, 1.165) is 17.4 Å². The summed E-state index contributed by atoms with van der Waals surface area (Å²) in [6.07, 6.45) is 2.48. The molecule has 0 aliphatic heterocycles. The van der Waals surface area contributed by atoms with Crippen LogP contribution in [0, 0.1) is 6.92 Å². The van der Waals surface area contributed by atoms with Gasteiger partial charge >= 0.3 is 5.63 Å². The van der Waals surface area contributed by atoms with Gasteiger partial charge in [0.1, 0.15) is 11.3 Å². The van der Waals surface area contributed by atoms with Crippen molar-refractivity contribution in [2.24, 2.45) is 0 Å². The van der Waals surface area contributed by atoms with Crippen LogP contribution in [0.1, 0.15) is 44.2 Å². The Balaban J connectivity index is 2.12. The third-order valence-electron chi connectivity index (χ3n) is 4.40. The number of aliphatic carboxylic acids is 1. The predicted molar refractivity (Wildman–Crippen MR) is 98.6 cm³/mol. The van der Waals surface area contributed by atoms with Gasteiger partial charge in [0.05, 0.1) is 12.0 Å². The molecule has 146 valence electrons. The molecule has 7 heteroatoms. The quantitative estimate of drug-likeness (QED) is 0.666. The van der Waals surface area contributed by atoms with E-state index in [-0.39, 0.29) is 6.61 Å². The lowest BCUT2D eigenvalue weighted by Crippen LogP contribution is -2.49. The first kappa shape index (κ1) is 20.5. The summed E-state index contributed by atoms with van der Waals surface area (Å²) in [7, 11) is 0. The molecule has 0 aliphatic rings. The van der Waals surface area contributed by atoms with E-state index < -0.39 is 23.5 Å². The van der Waals surface area contributed by atoms with Crippen molar-refractivity contribution in [3.05, 3.63) is 39.7 Å². The van der Waals surface area contributed by atoms with Gasteiger partial charge in [-0.2, -0.15) is 0 Å². The third kappa shape index (κ3) is 5.09. The minimum atomic E-state index is -1.31. The zero-order chi connectivity index (χ0) is 20.0. The maximum atomic E-state index is 12.0. The SMILES string of the molecule is CCCC[C@@H](NC(=O)COc1ccc2c(CC)cc(=O)oc2c1C)C(=O)[O-]. The van der Waals surface area contributed by atoms with Crippen LogP contribution >= 0.6 is 0 Å². The summed E-state index contributed by atoms with van der Waals surface area (Å²) in [5.74, 6) is -1.47. The minimum Gasteiger partial charge on any atom is -0.548 e. The lowest BCUT2D eigenvalue weighted by molar-refractivity contribution is -0.308. The van der Waals surface area contributed by atoms with E-state index in [4.69, 9.17) is 9.15 Å². The summed E-state index contributed by atoms with van der Waals surface area (Å²) in [5, 5.41) is 14.3. The second kappa shape index (κ2) is 9.21. The van der Waals surface area contributed by atoms with Gasteiger partial charge in [0, 0.05) is 17.0 Å². The normalized spacial score (nSPS) is 12.0. The first-order valence-electron chi connectivity index (χ1n) is 9.06. The number of carbonyl (C=O) groups is 2. The average molecular weight is 374 g/mol. The topological polar surface area (TPSA) is 109 Å². The number of fused-ring (bicyclic) bond motifs is 1. The lowest BCUT2D eigenvalue weighted by atomic mass is 10.0. The number of carbonyl (C=O) groups excluding carboxylic acids is 2. The van der Waals surface area contributed by atoms with Gasteiger partial charge in [-0.3, -0.25) is 4.79 Å². The van der Waals surface area contributed by atoms with E-state index in [1.54, 1.807) is 19.1 Å². The summed E-state index contributed by atoms with van der Waals surface area (Å²) in [4.78, 5) is 34.9. The molecule has 0 unspecified atom stereocenters. The van der Waals surface area contributed by atoms with Crippen molar-refractivity contribution in [3.8, 4) is 5.75 Å². The molecular formula is C20H24NO6-. The number of unbranched alkanes of at least 4 members (excludes halogenated alkanes) is 1. The molecule has 1 N–H and O–H groups in total. The molecule has 0 saturated carbocycles. The fourth-order valence-electron chi connectivity index (χ4n) is 2.89. The van der Waals surface area contributed by atoms with E-state index in [1.165, 1.54) is 6.07 Å². The molecule has 27 heavy (non-hydrogen) atoms. The molecule has 1 aromatic carbocycles. The number of ether oxygens (including phenoxy) is 1. The molecule has 0 aliphatic carbocycles. The standard InChI is InChI=1S/C20H25NO6/c1-4-6-7-15(20(24)25)21-17(22)11-26-16-9-8-14-13(5-2)10-18(23)27-19(14)12(16)3/h8-10,15H,4-7,11H2,1-3H3,(H,21,22)(H,24,25)/p-1/t15-/m1/s1. The van der Waals surface area contributed by atoms with Crippen molar-refractivity contribution in [1.29, 1.82) is 0 Å². The zero-order valence-electron chi connectivity index (χ0n) is 15.8. The maximum Gasteiger partial charge on any atom is 0.336 e. The molecule has 0 bridgehead atoms. The van der Waals surface area contributed by atoms with E-state index in [1.807, 2.05) is 13.8 Å². The van der Waals surface area contributed by atoms with Gasteiger partial charge in [0.25, 0.3) is 5.91 Å². The van der Waals surface area contributed by atoms with Crippen LogP contribution in [0.4, 0.5) is 0 Å². The van der Waals surface area contributed by atoms with Crippen LogP contribution in [0.15, 0.2) is 27.4 Å². The molecule has 0 radical (unpaired) electrons. The number of aryl methyl sites for hydroxylation is 2. The predicted octanol–water partition coefficient (Wildman–Crippen LogP) is 1.47. The monoisotopic (exact) mass is 374 g/mol. The summed E-state index contributed by atoms with van der Waals surface area (Å²) >= 11 is 0. The number of hydrogen-bond donors (Lipinski definition) is 1. The van der Waals surface area contributed by atoms with Gasteiger partial charge in [-0.25, -0.2) is 4.79 Å². The van der Waals surface area contributed by atoms with E-state index in [0.29, 0.717) is 36.2 Å². The highest BCUT2D eigenvalue weighted by molar-refractivity contribution is 5.86. The molecule has 2 rings (SSSR count). The second-order valence-corrected chi connectivity index (χ2v) is 6.38. The Hall–Kier alpha value is -2.83. The number of carboxylic acid groups (broad SMARTS) is 1. The fraction of sp³-hybridized carbons (Fsp3) is 0.450. The van der Waals surface area contributed by atoms with Crippen molar-refractivity contribution in [1.82, 2.24) is 5.32 Å². The van der Waals surface area contributed by atoms with Crippen LogP contribution in [-0.2, 0) is 16.0 Å². The van der Waals surface area contributed by atoms with Crippen LogP contribution in [0.5, 0.6) is 5.75 Å². The number of amides is 1. The van der Waals surface area contributed by atoms with Crippen molar-refractivity contribution >= 4 is 22.8 Å².